The van der Waals surface area contributed by atoms with Crippen LogP contribution >= 0.6 is 0 Å². The number of aromatic nitrogens is 3. The molecule has 8 rings (SSSR count). The van der Waals surface area contributed by atoms with Gasteiger partial charge in [-0.15, -0.1) is 0 Å². The number of piperidine rings is 3. The van der Waals surface area contributed by atoms with Crippen molar-refractivity contribution in [1.29, 1.82) is 5.41 Å². The Morgan fingerprint density at radius 2 is 1.66 bits per heavy atom. The van der Waals surface area contributed by atoms with Crippen LogP contribution in [0.3, 0.4) is 0 Å². The molecule has 4 aliphatic rings. The van der Waals surface area contributed by atoms with Crippen molar-refractivity contribution >= 4 is 35.8 Å². The largest absolute Gasteiger partial charge is 0.446 e. The molecule has 324 valence electrons. The summed E-state index contributed by atoms with van der Waals surface area (Å²) >= 11 is 0. The minimum Gasteiger partial charge on any atom is -0.446 e. The van der Waals surface area contributed by atoms with Crippen LogP contribution in [0.15, 0.2) is 77.9 Å². The van der Waals surface area contributed by atoms with Gasteiger partial charge in [-0.3, -0.25) is 24.3 Å². The van der Waals surface area contributed by atoms with Gasteiger partial charge in [-0.1, -0.05) is 36.8 Å². The standard InChI is InChI=1S/C26H40N4O2.C15H11FN4O.C5H7NO2/c1-28-25-17-22(7-8-23(25)18-27)21-11-13-29(14-12-21)19-20-9-15-30(16-10-20)26(31)32-24-5-3-2-4-6-24;16-12-9-18-15(17)19-14(12)10-4-3-5-11(8-10)20-7-2-1-6-13(20)21;7-4-2-1-3-5(8)6-4/h7-8,17-18,20-21,24,27-28H,2-6,9-16,19H2,1H3;1-9H,(H2,17,18,19);1-3H2,(H,6,7,8). The maximum absolute atomic E-state index is 13.8. The summed E-state index contributed by atoms with van der Waals surface area (Å²) in [4.78, 5) is 57.1. The molecule has 0 bridgehead atoms. The lowest BCUT2D eigenvalue weighted by molar-refractivity contribution is -0.132. The van der Waals surface area contributed by atoms with E-state index in [0.717, 1.165) is 75.9 Å². The quantitative estimate of drug-likeness (QED) is 0.107. The van der Waals surface area contributed by atoms with Crippen molar-refractivity contribution in [3.8, 4) is 16.9 Å². The number of carbonyl (C=O) groups excluding carboxylic acids is 3. The maximum Gasteiger partial charge on any atom is 0.410 e. The molecule has 4 fully saturated rings. The zero-order chi connectivity index (χ0) is 43.1. The molecule has 1 aliphatic carbocycles. The molecule has 14 nitrogen and oxygen atoms in total. The number of hydrogen-bond acceptors (Lipinski definition) is 11. The molecule has 3 saturated heterocycles. The van der Waals surface area contributed by atoms with Crippen molar-refractivity contribution < 1.29 is 23.5 Å². The molecule has 0 unspecified atom stereocenters. The highest BCUT2D eigenvalue weighted by molar-refractivity contribution is 5.97. The first-order valence-corrected chi connectivity index (χ1v) is 21.5. The van der Waals surface area contributed by atoms with Crippen LogP contribution in [-0.2, 0) is 14.3 Å². The predicted molar refractivity (Wildman–Crippen MR) is 234 cm³/mol. The highest BCUT2D eigenvalue weighted by Crippen LogP contribution is 2.32. The highest BCUT2D eigenvalue weighted by atomic mass is 19.1. The van der Waals surface area contributed by atoms with Crippen LogP contribution in [0.2, 0.25) is 0 Å². The second-order valence-electron chi connectivity index (χ2n) is 16.1. The van der Waals surface area contributed by atoms with Crippen LogP contribution in [0.5, 0.6) is 0 Å². The average Bonchev–Trinajstić information content (AvgIpc) is 3.28. The summed E-state index contributed by atoms with van der Waals surface area (Å²) in [6.07, 6.45) is 16.2. The Labute approximate surface area is 356 Å². The van der Waals surface area contributed by atoms with E-state index in [1.54, 1.807) is 42.6 Å². The third-order valence-corrected chi connectivity index (χ3v) is 11.8. The number of imide groups is 1. The average molecular weight is 836 g/mol. The molecule has 15 heteroatoms. The topological polar surface area (TPSA) is 189 Å². The minimum atomic E-state index is -0.568. The number of carbonyl (C=O) groups is 3. The van der Waals surface area contributed by atoms with E-state index in [0.29, 0.717) is 42.3 Å². The van der Waals surface area contributed by atoms with Gasteiger partial charge in [-0.05, 0) is 113 Å². The summed E-state index contributed by atoms with van der Waals surface area (Å²) in [5, 5.41) is 13.0. The Morgan fingerprint density at radius 1 is 0.918 bits per heavy atom. The van der Waals surface area contributed by atoms with Gasteiger partial charge in [-0.2, -0.15) is 0 Å². The zero-order valence-corrected chi connectivity index (χ0v) is 35.0. The van der Waals surface area contributed by atoms with Crippen LogP contribution in [0.1, 0.15) is 94.1 Å². The fraction of sp³-hybridized carbons (Fsp3) is 0.457. The summed E-state index contributed by atoms with van der Waals surface area (Å²) in [7, 11) is 1.93. The molecule has 61 heavy (non-hydrogen) atoms. The number of nitrogens with one attached hydrogen (secondary N) is 3. The molecule has 3 amide bonds. The van der Waals surface area contributed by atoms with Crippen molar-refractivity contribution in [3.05, 3.63) is 100 Å². The van der Waals surface area contributed by atoms with Crippen LogP contribution in [0.4, 0.5) is 20.8 Å². The minimum absolute atomic E-state index is 0.00585. The van der Waals surface area contributed by atoms with E-state index in [1.807, 2.05) is 11.9 Å². The third-order valence-electron chi connectivity index (χ3n) is 11.8. The Morgan fingerprint density at radius 3 is 2.31 bits per heavy atom. The van der Waals surface area contributed by atoms with Crippen molar-refractivity contribution in [1.82, 2.24) is 29.7 Å². The van der Waals surface area contributed by atoms with Crippen molar-refractivity contribution in [2.45, 2.75) is 89.1 Å². The van der Waals surface area contributed by atoms with E-state index in [2.05, 4.69) is 43.7 Å². The first-order valence-electron chi connectivity index (χ1n) is 21.5. The second kappa shape index (κ2) is 22.0. The Bertz CT molecular complexity index is 2160. The number of rotatable bonds is 8. The van der Waals surface area contributed by atoms with Gasteiger partial charge >= 0.3 is 6.09 Å². The summed E-state index contributed by atoms with van der Waals surface area (Å²) < 4.78 is 21.0. The number of nitrogen functional groups attached to an aromatic ring is 1. The lowest BCUT2D eigenvalue weighted by Crippen LogP contribution is -2.44. The number of ether oxygens (including phenoxy) is 1. The number of anilines is 2. The van der Waals surface area contributed by atoms with Gasteiger partial charge in [0.1, 0.15) is 11.8 Å². The number of nitrogens with zero attached hydrogens (tertiary/aromatic N) is 5. The van der Waals surface area contributed by atoms with E-state index in [1.165, 1.54) is 54.5 Å². The molecular weight excluding hydrogens is 778 g/mol. The molecule has 5 N–H and O–H groups in total. The molecule has 0 radical (unpaired) electrons. The summed E-state index contributed by atoms with van der Waals surface area (Å²) in [6, 6.07) is 18.2. The molecule has 0 spiro atoms. The van der Waals surface area contributed by atoms with Gasteiger partial charge in [0.05, 0.1) is 6.20 Å². The van der Waals surface area contributed by atoms with Crippen LogP contribution in [0, 0.1) is 17.1 Å². The highest BCUT2D eigenvalue weighted by Gasteiger charge is 2.29. The van der Waals surface area contributed by atoms with E-state index < -0.39 is 5.82 Å². The van der Waals surface area contributed by atoms with Gasteiger partial charge in [0.15, 0.2) is 5.82 Å². The Balaban J connectivity index is 0.000000182. The molecule has 2 aromatic carbocycles. The van der Waals surface area contributed by atoms with Crippen molar-refractivity contribution in [3.63, 3.8) is 0 Å². The molecule has 5 heterocycles. The number of likely N-dealkylation sites (tertiary alicyclic amines) is 2. The predicted octanol–water partition coefficient (Wildman–Crippen LogP) is 6.92. The molecular formula is C46H58FN9O5. The number of nitrogens with two attached hydrogens (primary N) is 1. The van der Waals surface area contributed by atoms with Crippen LogP contribution in [-0.4, -0.2) is 94.3 Å². The van der Waals surface area contributed by atoms with E-state index in [9.17, 15) is 23.6 Å². The smallest absolute Gasteiger partial charge is 0.410 e. The summed E-state index contributed by atoms with van der Waals surface area (Å²) in [5.74, 6) is 0.445. The van der Waals surface area contributed by atoms with Crippen molar-refractivity contribution in [2.75, 3.05) is 50.8 Å². The lowest BCUT2D eigenvalue weighted by Gasteiger charge is -2.38. The zero-order valence-electron chi connectivity index (χ0n) is 35.0. The van der Waals surface area contributed by atoms with E-state index >= 15 is 0 Å². The van der Waals surface area contributed by atoms with E-state index in [4.69, 9.17) is 15.9 Å². The monoisotopic (exact) mass is 835 g/mol. The third kappa shape index (κ3) is 12.8. The van der Waals surface area contributed by atoms with Gasteiger partial charge in [0.25, 0.3) is 5.56 Å². The van der Waals surface area contributed by atoms with Gasteiger partial charge < -0.3 is 31.0 Å². The molecule has 1 saturated carbocycles. The normalized spacial score (nSPS) is 17.8. The first kappa shape index (κ1) is 44.6. The van der Waals surface area contributed by atoms with E-state index in [-0.39, 0.29) is 41.2 Å². The number of benzene rings is 2. The molecule has 2 aromatic heterocycles. The molecule has 4 aromatic rings. The maximum atomic E-state index is 13.8. The first-order chi connectivity index (χ1) is 29.6. The molecule has 0 atom stereocenters. The second-order valence-corrected chi connectivity index (χ2v) is 16.1. The van der Waals surface area contributed by atoms with Crippen LogP contribution in [0.25, 0.3) is 16.9 Å². The summed E-state index contributed by atoms with van der Waals surface area (Å²) in [5.41, 5.74) is 9.96. The molecule has 3 aliphatic heterocycles. The number of amides is 3. The summed E-state index contributed by atoms with van der Waals surface area (Å²) in [6.45, 7) is 5.15. The lowest BCUT2D eigenvalue weighted by atomic mass is 9.87. The van der Waals surface area contributed by atoms with Crippen LogP contribution < -0.4 is 21.9 Å². The van der Waals surface area contributed by atoms with Gasteiger partial charge in [0.2, 0.25) is 17.8 Å². The fourth-order valence-corrected chi connectivity index (χ4v) is 8.40. The number of halogens is 1. The van der Waals surface area contributed by atoms with Crippen molar-refractivity contribution in [2.24, 2.45) is 5.92 Å². The van der Waals surface area contributed by atoms with Gasteiger partial charge in [0, 0.05) is 80.5 Å². The number of hydrogen-bond donors (Lipinski definition) is 4. The fourth-order valence-electron chi connectivity index (χ4n) is 8.40. The Hall–Kier alpha value is -5.96. The Kier molecular flexibility index (Phi) is 16.1. The number of pyridine rings is 1. The SMILES string of the molecule is CNc1cc(C2CCN(CC3CCN(C(=O)OC4CCCCC4)CC3)CC2)ccc1C=N.Nc1ncc(F)c(-c2cccc(-n3ccccc3=O)c2)n1.O=C1CCCC(=O)N1. The van der Waals surface area contributed by atoms with Gasteiger partial charge in [-0.25, -0.2) is 19.2 Å².